The predicted octanol–water partition coefficient (Wildman–Crippen LogP) is 8.43. The molecule has 5 aromatic rings. The van der Waals surface area contributed by atoms with Crippen molar-refractivity contribution in [2.24, 2.45) is 0 Å². The number of carbonyl (C=O) groups excluding carboxylic acids is 1. The van der Waals surface area contributed by atoms with Crippen LogP contribution in [-0.2, 0) is 39.0 Å². The van der Waals surface area contributed by atoms with Crippen molar-refractivity contribution in [3.63, 3.8) is 0 Å². The average Bonchev–Trinajstić information content (AvgIpc) is 3.45. The van der Waals surface area contributed by atoms with E-state index in [0.717, 1.165) is 34.9 Å². The molecule has 10 nitrogen and oxygen atoms in total. The van der Waals surface area contributed by atoms with Gasteiger partial charge in [0.25, 0.3) is 20.2 Å². The lowest BCUT2D eigenvalue weighted by molar-refractivity contribution is -0.112. The van der Waals surface area contributed by atoms with Crippen molar-refractivity contribution in [3.8, 4) is 17.2 Å². The highest BCUT2D eigenvalue weighted by Gasteiger charge is 2.51. The number of aryl methyl sites for hydroxylation is 1. The van der Waals surface area contributed by atoms with E-state index in [9.17, 15) is 36.9 Å². The number of phenolic OH excluding ortho intramolecular Hbond substituents is 3. The first-order valence-electron chi connectivity index (χ1n) is 17.8. The van der Waals surface area contributed by atoms with Gasteiger partial charge in [-0.05, 0) is 146 Å². The fourth-order valence-corrected chi connectivity index (χ4v) is 9.55. The van der Waals surface area contributed by atoms with E-state index in [-0.39, 0.29) is 32.8 Å². The smallest absolute Gasteiger partial charge is 0.298 e. The monoisotopic (exact) mass is 806 g/mol. The summed E-state index contributed by atoms with van der Waals surface area (Å²) in [6, 6.07) is 27.6. The first-order chi connectivity index (χ1) is 26.8. The number of ketones is 1. The van der Waals surface area contributed by atoms with Crippen LogP contribution in [0.4, 0.5) is 0 Å². The maximum atomic E-state index is 12.8. The van der Waals surface area contributed by atoms with Gasteiger partial charge in [0.1, 0.15) is 27.0 Å². The molecule has 0 spiro atoms. The third-order valence-electron chi connectivity index (χ3n) is 10.6. The molecule has 7 rings (SSSR count). The van der Waals surface area contributed by atoms with Gasteiger partial charge in [0, 0.05) is 16.7 Å². The van der Waals surface area contributed by atoms with Gasteiger partial charge in [-0.1, -0.05) is 60.7 Å². The third kappa shape index (κ3) is 7.21. The maximum Gasteiger partial charge on any atom is 0.298 e. The van der Waals surface area contributed by atoms with Crippen LogP contribution < -0.4 is 0 Å². The normalized spacial score (nSPS) is 16.7. The van der Waals surface area contributed by atoms with Crippen LogP contribution in [0.1, 0.15) is 65.3 Å². The molecule has 3 N–H and O–H groups in total. The Labute approximate surface area is 332 Å². The number of fused-ring (bicyclic) bond motifs is 1. The van der Waals surface area contributed by atoms with E-state index in [1.54, 1.807) is 74.5 Å². The molecule has 0 unspecified atom stereocenters. The van der Waals surface area contributed by atoms with Crippen LogP contribution in [0.2, 0.25) is 0 Å². The maximum absolute atomic E-state index is 12.8. The molecule has 0 saturated heterocycles. The molecule has 5 aromatic carbocycles. The van der Waals surface area contributed by atoms with Gasteiger partial charge >= 0.3 is 0 Å². The summed E-state index contributed by atoms with van der Waals surface area (Å²) in [5.41, 5.74) is 7.15. The number of Topliss-reactive ketones (excluding diaryl/α,β-unsaturated/α-hetero) is 1. The molecule has 2 aliphatic rings. The molecule has 0 atom stereocenters. The van der Waals surface area contributed by atoms with Gasteiger partial charge in [0.15, 0.2) is 11.4 Å². The minimum Gasteiger partial charge on any atom is -0.508 e. The molecular formula is C45H42O10S2. The number of phenols is 3. The van der Waals surface area contributed by atoms with Crippen molar-refractivity contribution >= 4 is 31.6 Å². The van der Waals surface area contributed by atoms with Crippen LogP contribution in [0.5, 0.6) is 17.2 Å². The molecule has 0 saturated carbocycles. The molecule has 0 bridgehead atoms. The van der Waals surface area contributed by atoms with Crippen LogP contribution >= 0.6 is 0 Å². The molecule has 0 aromatic heterocycles. The number of hydrogen-bond donors (Lipinski definition) is 3. The Morgan fingerprint density at radius 2 is 1.25 bits per heavy atom. The first kappa shape index (κ1) is 40.9. The molecule has 57 heavy (non-hydrogen) atoms. The van der Waals surface area contributed by atoms with Crippen molar-refractivity contribution in [3.05, 3.63) is 176 Å². The molecule has 0 fully saturated rings. The molecule has 0 radical (unpaired) electrons. The minimum absolute atomic E-state index is 0.0295. The largest absolute Gasteiger partial charge is 0.508 e. The predicted molar refractivity (Wildman–Crippen MR) is 217 cm³/mol. The van der Waals surface area contributed by atoms with E-state index < -0.39 is 25.8 Å². The molecule has 12 heteroatoms. The molecular weight excluding hydrogens is 765 g/mol. The van der Waals surface area contributed by atoms with Crippen molar-refractivity contribution in [1.29, 1.82) is 0 Å². The van der Waals surface area contributed by atoms with Crippen LogP contribution in [-0.4, -0.2) is 45.0 Å². The summed E-state index contributed by atoms with van der Waals surface area (Å²) < 4.78 is 61.4. The summed E-state index contributed by atoms with van der Waals surface area (Å²) in [6.07, 6.45) is 1.81. The number of carbonyl (C=O) groups is 1. The van der Waals surface area contributed by atoms with E-state index >= 15 is 0 Å². The zero-order valence-corrected chi connectivity index (χ0v) is 34.0. The summed E-state index contributed by atoms with van der Waals surface area (Å²) in [6.45, 7) is 11.0. The second kappa shape index (κ2) is 15.3. The topological polar surface area (TPSA) is 164 Å². The second-order valence-electron chi connectivity index (χ2n) is 14.0. The second-order valence-corrected chi connectivity index (χ2v) is 17.2. The van der Waals surface area contributed by atoms with E-state index in [1.807, 2.05) is 39.8 Å². The molecule has 294 valence electrons. The van der Waals surface area contributed by atoms with Gasteiger partial charge in [-0.3, -0.25) is 8.98 Å². The summed E-state index contributed by atoms with van der Waals surface area (Å²) in [4.78, 5) is 12.7. The highest BCUT2D eigenvalue weighted by Crippen LogP contribution is 2.50. The number of aromatic hydroxyl groups is 3. The third-order valence-corrected chi connectivity index (χ3v) is 13.3. The highest BCUT2D eigenvalue weighted by atomic mass is 32.2. The van der Waals surface area contributed by atoms with Gasteiger partial charge in [-0.25, -0.2) is 4.18 Å². The highest BCUT2D eigenvalue weighted by molar-refractivity contribution is 7.87. The van der Waals surface area contributed by atoms with Gasteiger partial charge in [0.2, 0.25) is 0 Å². The minimum atomic E-state index is -4.00. The van der Waals surface area contributed by atoms with Crippen LogP contribution in [0.3, 0.4) is 0 Å². The number of allylic oxidation sites excluding steroid dienone is 5. The lowest BCUT2D eigenvalue weighted by Gasteiger charge is -2.29. The van der Waals surface area contributed by atoms with Crippen molar-refractivity contribution in [1.82, 2.24) is 0 Å². The molecule has 0 amide bonds. The Kier molecular flexibility index (Phi) is 11.0. The Balaban J connectivity index is 0.000000198. The van der Waals surface area contributed by atoms with Crippen LogP contribution in [0, 0.1) is 20.8 Å². The Morgan fingerprint density at radius 3 is 1.82 bits per heavy atom. The van der Waals surface area contributed by atoms with Gasteiger partial charge in [0.05, 0.1) is 7.11 Å². The molecule has 1 aliphatic carbocycles. The fraction of sp³-hybridized carbons (Fsp3) is 0.178. The van der Waals surface area contributed by atoms with E-state index in [4.69, 9.17) is 8.37 Å². The molecule has 1 aliphatic heterocycles. The van der Waals surface area contributed by atoms with Crippen LogP contribution in [0.15, 0.2) is 141 Å². The standard InChI is InChI=1S/C26H28O5S.C19H14O5S/c1-14-12-21(16(3)18(5)25(14)27)24(22-13-15(2)26(28)19(6)17(22)4)20-10-8-9-11-23(20)32(29,30)31-7;20-15-9-5-13(6-10-15)19(14-7-11-16(21)12-8-14)17-3-1-2-4-18(17)25(22,23)24-19/h8-13,27H,1-7H3;1-12,20-21H/b24-22-;. The van der Waals surface area contributed by atoms with Crippen LogP contribution in [0.25, 0.3) is 5.57 Å². The summed E-state index contributed by atoms with van der Waals surface area (Å²) in [7, 11) is -6.82. The van der Waals surface area contributed by atoms with E-state index in [1.165, 1.54) is 36.4 Å². The number of hydrogen-bond acceptors (Lipinski definition) is 10. The Morgan fingerprint density at radius 1 is 0.702 bits per heavy atom. The Bertz CT molecular complexity index is 2710. The quantitative estimate of drug-likeness (QED) is 0.142. The average molecular weight is 807 g/mol. The lowest BCUT2D eigenvalue weighted by Crippen LogP contribution is -2.29. The Hall–Kier alpha value is -5.79. The fourth-order valence-electron chi connectivity index (χ4n) is 7.26. The SMILES string of the molecule is COS(=O)(=O)c1ccccc1/C(=C1\C=C(C)C(=O)C(C)=C1C)c1cc(C)c(O)c(C)c1C.O=S1(=O)OC(c2ccc(O)cc2)(c2ccc(O)cc2)c2ccccc21. The lowest BCUT2D eigenvalue weighted by atomic mass is 9.80. The number of rotatable bonds is 6. The summed E-state index contributed by atoms with van der Waals surface area (Å²) in [5, 5.41) is 29.7. The van der Waals surface area contributed by atoms with Crippen molar-refractivity contribution < 1.29 is 45.3 Å². The van der Waals surface area contributed by atoms with Gasteiger partial charge in [-0.15, -0.1) is 0 Å². The van der Waals surface area contributed by atoms with E-state index in [2.05, 4.69) is 0 Å². The zero-order valence-electron chi connectivity index (χ0n) is 32.4. The summed E-state index contributed by atoms with van der Waals surface area (Å²) in [5.74, 6) is 0.318. The first-order valence-corrected chi connectivity index (χ1v) is 20.7. The van der Waals surface area contributed by atoms with Crippen molar-refractivity contribution in [2.45, 2.75) is 56.9 Å². The van der Waals surface area contributed by atoms with Gasteiger partial charge in [-0.2, -0.15) is 16.8 Å². The molecule has 1 heterocycles. The zero-order chi connectivity index (χ0) is 41.6. The summed E-state index contributed by atoms with van der Waals surface area (Å²) >= 11 is 0. The number of benzene rings is 5. The van der Waals surface area contributed by atoms with Gasteiger partial charge < -0.3 is 15.3 Å². The van der Waals surface area contributed by atoms with Crippen molar-refractivity contribution in [2.75, 3.05) is 7.11 Å². The van der Waals surface area contributed by atoms with E-state index in [0.29, 0.717) is 44.5 Å².